The quantitative estimate of drug-likeness (QED) is 0.862. The molecule has 1 N–H and O–H groups in total. The molecule has 2 aromatic rings. The van der Waals surface area contributed by atoms with Gasteiger partial charge >= 0.3 is 5.69 Å². The molecule has 24 heavy (non-hydrogen) atoms. The molecule has 1 fully saturated rings. The molecule has 0 bridgehead atoms. The van der Waals surface area contributed by atoms with Crippen LogP contribution in [0.3, 0.4) is 0 Å². The van der Waals surface area contributed by atoms with Crippen molar-refractivity contribution in [2.24, 2.45) is 0 Å². The molecule has 0 radical (unpaired) electrons. The summed E-state index contributed by atoms with van der Waals surface area (Å²) in [6.07, 6.45) is 4.80. The van der Waals surface area contributed by atoms with Crippen molar-refractivity contribution >= 4 is 0 Å². The Kier molecular flexibility index (Phi) is 4.86. The van der Waals surface area contributed by atoms with Gasteiger partial charge in [-0.25, -0.2) is 14.9 Å². The molecule has 8 heteroatoms. The fraction of sp³-hybridized carbons (Fsp3) is 0.688. The van der Waals surface area contributed by atoms with E-state index < -0.39 is 0 Å². The molecule has 2 atom stereocenters. The molecule has 2 aromatic heterocycles. The Morgan fingerprint density at radius 1 is 1.46 bits per heavy atom. The molecular formula is C16H26N6O2. The Balaban J connectivity index is 1.89. The van der Waals surface area contributed by atoms with E-state index in [1.807, 2.05) is 19.3 Å². The summed E-state index contributed by atoms with van der Waals surface area (Å²) < 4.78 is 9.45. The van der Waals surface area contributed by atoms with Crippen LogP contribution in [0.2, 0.25) is 0 Å². The molecule has 0 unspecified atom stereocenters. The van der Waals surface area contributed by atoms with Crippen LogP contribution < -0.4 is 5.69 Å². The first-order chi connectivity index (χ1) is 11.5. The van der Waals surface area contributed by atoms with Crippen molar-refractivity contribution in [1.29, 1.82) is 0 Å². The third-order valence-corrected chi connectivity index (χ3v) is 4.75. The number of ether oxygens (including phenoxy) is 1. The standard InChI is InChI=1S/C16H26N6O2/c1-5-21-15(18-19-16(21)23)13-8-12(24-4)9-20(13)10-14-17-6-7-22(14)11(2)3/h6-7,11-13H,5,8-10H2,1-4H3,(H,19,23)/t12-,13-/m0/s1. The van der Waals surface area contributed by atoms with Crippen molar-refractivity contribution in [2.45, 2.75) is 58.5 Å². The van der Waals surface area contributed by atoms with E-state index in [1.54, 1.807) is 11.7 Å². The monoisotopic (exact) mass is 334 g/mol. The topological polar surface area (TPSA) is 81.0 Å². The smallest absolute Gasteiger partial charge is 0.343 e. The molecule has 3 rings (SSSR count). The van der Waals surface area contributed by atoms with Crippen LogP contribution >= 0.6 is 0 Å². The van der Waals surface area contributed by atoms with Gasteiger partial charge < -0.3 is 9.30 Å². The first-order valence-corrected chi connectivity index (χ1v) is 8.48. The lowest BCUT2D eigenvalue weighted by Gasteiger charge is -2.24. The summed E-state index contributed by atoms with van der Waals surface area (Å²) in [6, 6.07) is 0.409. The number of H-pyrrole nitrogens is 1. The third-order valence-electron chi connectivity index (χ3n) is 4.75. The van der Waals surface area contributed by atoms with Crippen LogP contribution in [0.5, 0.6) is 0 Å². The first kappa shape index (κ1) is 16.9. The summed E-state index contributed by atoms with van der Waals surface area (Å²) in [5.41, 5.74) is -0.156. The van der Waals surface area contributed by atoms with Crippen LogP contribution in [-0.4, -0.2) is 49.0 Å². The van der Waals surface area contributed by atoms with Crippen LogP contribution in [0.15, 0.2) is 17.2 Å². The predicted octanol–water partition coefficient (Wildman–Crippen LogP) is 1.33. The van der Waals surface area contributed by atoms with Gasteiger partial charge in [0, 0.05) is 38.6 Å². The van der Waals surface area contributed by atoms with Gasteiger partial charge in [0.05, 0.1) is 18.7 Å². The Hall–Kier alpha value is -1.93. The molecule has 0 spiro atoms. The minimum Gasteiger partial charge on any atom is -0.380 e. The molecule has 3 heterocycles. The number of imidazole rings is 1. The summed E-state index contributed by atoms with van der Waals surface area (Å²) in [4.78, 5) is 18.7. The van der Waals surface area contributed by atoms with Gasteiger partial charge in [0.2, 0.25) is 0 Å². The van der Waals surface area contributed by atoms with Crippen molar-refractivity contribution in [2.75, 3.05) is 13.7 Å². The summed E-state index contributed by atoms with van der Waals surface area (Å²) in [7, 11) is 1.73. The molecule has 0 saturated carbocycles. The second-order valence-electron chi connectivity index (χ2n) is 6.51. The maximum atomic E-state index is 11.9. The number of rotatable bonds is 6. The van der Waals surface area contributed by atoms with Crippen LogP contribution in [0.4, 0.5) is 0 Å². The lowest BCUT2D eigenvalue weighted by atomic mass is 10.2. The van der Waals surface area contributed by atoms with Gasteiger partial charge in [-0.15, -0.1) is 0 Å². The van der Waals surface area contributed by atoms with E-state index in [-0.39, 0.29) is 17.8 Å². The van der Waals surface area contributed by atoms with Crippen LogP contribution in [0.25, 0.3) is 0 Å². The van der Waals surface area contributed by atoms with Crippen LogP contribution in [0, 0.1) is 0 Å². The summed E-state index contributed by atoms with van der Waals surface area (Å²) in [5.74, 6) is 1.80. The van der Waals surface area contributed by atoms with Gasteiger partial charge in [0.25, 0.3) is 0 Å². The molecule has 1 saturated heterocycles. The molecular weight excluding hydrogens is 308 g/mol. The highest BCUT2D eigenvalue weighted by Gasteiger charge is 2.37. The van der Waals surface area contributed by atoms with E-state index in [0.717, 1.165) is 24.6 Å². The first-order valence-electron chi connectivity index (χ1n) is 8.48. The lowest BCUT2D eigenvalue weighted by Crippen LogP contribution is -2.29. The Bertz CT molecular complexity index is 731. The molecule has 8 nitrogen and oxygen atoms in total. The van der Waals surface area contributed by atoms with Crippen LogP contribution in [-0.2, 0) is 17.8 Å². The maximum Gasteiger partial charge on any atom is 0.343 e. The molecule has 0 aliphatic carbocycles. The van der Waals surface area contributed by atoms with Crippen LogP contribution in [0.1, 0.15) is 50.9 Å². The Morgan fingerprint density at radius 2 is 2.25 bits per heavy atom. The van der Waals surface area contributed by atoms with E-state index in [1.165, 1.54) is 0 Å². The second kappa shape index (κ2) is 6.90. The Morgan fingerprint density at radius 3 is 2.92 bits per heavy atom. The molecule has 132 valence electrons. The van der Waals surface area contributed by atoms with Gasteiger partial charge in [-0.1, -0.05) is 0 Å². The zero-order valence-electron chi connectivity index (χ0n) is 14.8. The van der Waals surface area contributed by atoms with Gasteiger partial charge in [0.15, 0.2) is 5.82 Å². The predicted molar refractivity (Wildman–Crippen MR) is 89.7 cm³/mol. The average molecular weight is 334 g/mol. The van der Waals surface area contributed by atoms with Gasteiger partial charge in [-0.05, 0) is 27.2 Å². The molecule has 0 amide bonds. The molecule has 1 aliphatic heterocycles. The van der Waals surface area contributed by atoms with Crippen molar-refractivity contribution in [3.8, 4) is 0 Å². The van der Waals surface area contributed by atoms with Gasteiger partial charge in [-0.3, -0.25) is 9.47 Å². The number of nitrogens with zero attached hydrogens (tertiary/aromatic N) is 5. The number of aromatic nitrogens is 5. The van der Waals surface area contributed by atoms with Crippen molar-refractivity contribution in [1.82, 2.24) is 29.2 Å². The van der Waals surface area contributed by atoms with E-state index in [0.29, 0.717) is 19.1 Å². The highest BCUT2D eigenvalue weighted by atomic mass is 16.5. The van der Waals surface area contributed by atoms with Crippen molar-refractivity contribution < 1.29 is 4.74 Å². The minimum absolute atomic E-state index is 0.0474. The Labute approximate surface area is 141 Å². The van der Waals surface area contributed by atoms with Gasteiger partial charge in [0.1, 0.15) is 5.82 Å². The van der Waals surface area contributed by atoms with E-state index >= 15 is 0 Å². The number of hydrogen-bond acceptors (Lipinski definition) is 5. The van der Waals surface area contributed by atoms with E-state index in [2.05, 4.69) is 38.5 Å². The number of nitrogens with one attached hydrogen (secondary N) is 1. The van der Waals surface area contributed by atoms with Crippen molar-refractivity contribution in [3.05, 3.63) is 34.5 Å². The zero-order chi connectivity index (χ0) is 17.3. The summed E-state index contributed by atoms with van der Waals surface area (Å²) in [5, 5.41) is 6.85. The number of likely N-dealkylation sites (tertiary alicyclic amines) is 1. The minimum atomic E-state index is -0.156. The summed E-state index contributed by atoms with van der Waals surface area (Å²) in [6.45, 7) is 8.36. The zero-order valence-corrected chi connectivity index (χ0v) is 14.8. The fourth-order valence-electron chi connectivity index (χ4n) is 3.48. The number of hydrogen-bond donors (Lipinski definition) is 1. The normalized spacial score (nSPS) is 21.9. The lowest BCUT2D eigenvalue weighted by molar-refractivity contribution is 0.106. The average Bonchev–Trinajstić information content (AvgIpc) is 3.25. The highest BCUT2D eigenvalue weighted by Crippen LogP contribution is 2.33. The van der Waals surface area contributed by atoms with E-state index in [4.69, 9.17) is 4.74 Å². The van der Waals surface area contributed by atoms with Crippen molar-refractivity contribution in [3.63, 3.8) is 0 Å². The van der Waals surface area contributed by atoms with Gasteiger partial charge in [-0.2, -0.15) is 5.10 Å². The molecule has 0 aromatic carbocycles. The fourth-order valence-corrected chi connectivity index (χ4v) is 3.48. The SMILES string of the molecule is CCn1c([C@@H]2C[C@H](OC)CN2Cc2nccn2C(C)C)n[nH]c1=O. The van der Waals surface area contributed by atoms with E-state index in [9.17, 15) is 4.79 Å². The second-order valence-corrected chi connectivity index (χ2v) is 6.51. The molecule has 1 aliphatic rings. The largest absolute Gasteiger partial charge is 0.380 e. The maximum absolute atomic E-state index is 11.9. The summed E-state index contributed by atoms with van der Waals surface area (Å²) >= 11 is 0. The highest BCUT2D eigenvalue weighted by molar-refractivity contribution is 5.04. The number of methoxy groups -OCH3 is 1. The third kappa shape index (κ3) is 3.03. The number of aromatic amines is 1.